The number of aromatic nitrogens is 1. The fraction of sp³-hybridized carbons (Fsp3) is 0.375. The van der Waals surface area contributed by atoms with Gasteiger partial charge in [-0.25, -0.2) is 0 Å². The number of aromatic hydroxyl groups is 1. The zero-order chi connectivity index (χ0) is 22.9. The molecule has 3 rings (SSSR count). The Labute approximate surface area is 180 Å². The number of aryl methyl sites for hydroxylation is 3. The van der Waals surface area contributed by atoms with Crippen molar-refractivity contribution in [3.8, 4) is 11.9 Å². The molecule has 0 aliphatic heterocycles. The Balaban J connectivity index is 2.18. The summed E-state index contributed by atoms with van der Waals surface area (Å²) in [7, 11) is 0. The summed E-state index contributed by atoms with van der Waals surface area (Å²) in [6.45, 7) is 10.1. The van der Waals surface area contributed by atoms with E-state index in [1.807, 2.05) is 39.0 Å². The predicted molar refractivity (Wildman–Crippen MR) is 117 cm³/mol. The molecule has 0 bridgehead atoms. The van der Waals surface area contributed by atoms with E-state index >= 15 is 0 Å². The first-order valence-electron chi connectivity index (χ1n) is 10.2. The summed E-state index contributed by atoms with van der Waals surface area (Å²) >= 11 is 0. The van der Waals surface area contributed by atoms with E-state index in [4.69, 9.17) is 9.15 Å². The molecule has 1 N–H and O–H groups in total. The Morgan fingerprint density at radius 3 is 2.58 bits per heavy atom. The second-order valence-corrected chi connectivity index (χ2v) is 7.66. The van der Waals surface area contributed by atoms with Gasteiger partial charge in [-0.2, -0.15) is 5.26 Å². The lowest BCUT2D eigenvalue weighted by Crippen LogP contribution is -2.27. The van der Waals surface area contributed by atoms with Crippen LogP contribution in [-0.2, 0) is 11.3 Å². The van der Waals surface area contributed by atoms with Gasteiger partial charge in [0.25, 0.3) is 5.56 Å². The van der Waals surface area contributed by atoms with E-state index in [2.05, 4.69) is 0 Å². The first-order chi connectivity index (χ1) is 14.7. The van der Waals surface area contributed by atoms with Gasteiger partial charge in [-0.1, -0.05) is 6.07 Å². The van der Waals surface area contributed by atoms with Gasteiger partial charge < -0.3 is 14.3 Å². The first kappa shape index (κ1) is 22.3. The monoisotopic (exact) mass is 422 g/mol. The van der Waals surface area contributed by atoms with Gasteiger partial charge in [0.2, 0.25) is 11.7 Å². The highest BCUT2D eigenvalue weighted by molar-refractivity contribution is 6.13. The van der Waals surface area contributed by atoms with E-state index in [1.54, 1.807) is 6.92 Å². The summed E-state index contributed by atoms with van der Waals surface area (Å²) in [6, 6.07) is 5.74. The highest BCUT2D eigenvalue weighted by Gasteiger charge is 2.29. The second-order valence-electron chi connectivity index (χ2n) is 7.66. The summed E-state index contributed by atoms with van der Waals surface area (Å²) in [6.07, 6.45) is 0.449. The molecule has 0 spiro atoms. The fourth-order valence-corrected chi connectivity index (χ4v) is 4.02. The molecule has 7 heteroatoms. The third-order valence-corrected chi connectivity index (χ3v) is 5.48. The number of ketones is 1. The molecule has 0 unspecified atom stereocenters. The Kier molecular flexibility index (Phi) is 6.32. The van der Waals surface area contributed by atoms with Gasteiger partial charge in [0.15, 0.2) is 5.76 Å². The molecule has 162 valence electrons. The van der Waals surface area contributed by atoms with Crippen LogP contribution in [0.3, 0.4) is 0 Å². The Bertz CT molecular complexity index is 1270. The number of hydrogen-bond acceptors (Lipinski definition) is 6. The molecule has 0 atom stereocenters. The summed E-state index contributed by atoms with van der Waals surface area (Å²) < 4.78 is 12.2. The van der Waals surface area contributed by atoms with Crippen molar-refractivity contribution in [3.63, 3.8) is 0 Å². The van der Waals surface area contributed by atoms with Crippen LogP contribution in [0.1, 0.15) is 57.3 Å². The van der Waals surface area contributed by atoms with Crippen LogP contribution < -0.4 is 5.56 Å². The van der Waals surface area contributed by atoms with Crippen molar-refractivity contribution in [1.29, 1.82) is 5.26 Å². The average molecular weight is 422 g/mol. The molecule has 0 radical (unpaired) electrons. The first-order valence-corrected chi connectivity index (χ1v) is 10.2. The third-order valence-electron chi connectivity index (χ3n) is 5.48. The topological polar surface area (TPSA) is 105 Å². The lowest BCUT2D eigenvalue weighted by atomic mass is 9.97. The smallest absolute Gasteiger partial charge is 0.271 e. The van der Waals surface area contributed by atoms with Gasteiger partial charge in [-0.3, -0.25) is 14.2 Å². The number of nitrogens with zero attached hydrogens (tertiary/aromatic N) is 2. The highest BCUT2D eigenvalue weighted by atomic mass is 16.5. The maximum Gasteiger partial charge on any atom is 0.271 e. The standard InChI is InChI=1S/C24H26N2O5/c1-6-30-9-7-8-26-23(28)17(12-25)15(4)20(24(26)29)21(27)22-16(5)19-14(3)10-13(2)11-18(19)31-22/h10-11,29H,6-9H2,1-5H3. The Hall–Kier alpha value is -3.37. The molecular formula is C24H26N2O5. The number of pyridine rings is 1. The summed E-state index contributed by atoms with van der Waals surface area (Å²) in [5.74, 6) is -0.933. The van der Waals surface area contributed by atoms with Gasteiger partial charge in [-0.05, 0) is 63.8 Å². The van der Waals surface area contributed by atoms with Crippen molar-refractivity contribution in [3.05, 3.63) is 61.6 Å². The maximum atomic E-state index is 13.5. The van der Waals surface area contributed by atoms with Gasteiger partial charge in [0, 0.05) is 30.7 Å². The number of hydrogen-bond donors (Lipinski definition) is 1. The molecule has 2 aromatic heterocycles. The predicted octanol–water partition coefficient (Wildman–Crippen LogP) is 4.06. The average Bonchev–Trinajstić information content (AvgIpc) is 3.04. The quantitative estimate of drug-likeness (QED) is 0.455. The molecule has 1 aromatic carbocycles. The summed E-state index contributed by atoms with van der Waals surface area (Å²) in [5.41, 5.74) is 2.48. The summed E-state index contributed by atoms with van der Waals surface area (Å²) in [5, 5.41) is 21.3. The van der Waals surface area contributed by atoms with Crippen molar-refractivity contribution in [2.24, 2.45) is 0 Å². The SMILES string of the molecule is CCOCCCn1c(O)c(C(=O)c2oc3cc(C)cc(C)c3c2C)c(C)c(C#N)c1=O. The molecule has 0 fully saturated rings. The van der Waals surface area contributed by atoms with Crippen LogP contribution in [0.2, 0.25) is 0 Å². The zero-order valence-corrected chi connectivity index (χ0v) is 18.5. The molecule has 31 heavy (non-hydrogen) atoms. The van der Waals surface area contributed by atoms with Gasteiger partial charge in [-0.15, -0.1) is 0 Å². The molecule has 0 aliphatic carbocycles. The van der Waals surface area contributed by atoms with Crippen LogP contribution in [-0.4, -0.2) is 28.7 Å². The normalized spacial score (nSPS) is 11.1. The number of fused-ring (bicyclic) bond motifs is 1. The molecular weight excluding hydrogens is 396 g/mol. The lowest BCUT2D eigenvalue weighted by Gasteiger charge is -2.15. The largest absolute Gasteiger partial charge is 0.494 e. The highest BCUT2D eigenvalue weighted by Crippen LogP contribution is 2.33. The van der Waals surface area contributed by atoms with Gasteiger partial charge >= 0.3 is 0 Å². The van der Waals surface area contributed by atoms with Crippen molar-refractivity contribution >= 4 is 16.8 Å². The third kappa shape index (κ3) is 3.87. The van der Waals surface area contributed by atoms with Crippen LogP contribution in [0.4, 0.5) is 0 Å². The van der Waals surface area contributed by atoms with E-state index in [0.717, 1.165) is 21.1 Å². The number of furan rings is 1. The van der Waals surface area contributed by atoms with Crippen molar-refractivity contribution in [1.82, 2.24) is 4.57 Å². The van der Waals surface area contributed by atoms with Crippen LogP contribution in [0.5, 0.6) is 5.88 Å². The molecule has 3 aromatic rings. The van der Waals surface area contributed by atoms with E-state index < -0.39 is 17.2 Å². The lowest BCUT2D eigenvalue weighted by molar-refractivity contribution is 0.100. The molecule has 0 amide bonds. The fourth-order valence-electron chi connectivity index (χ4n) is 4.02. The Morgan fingerprint density at radius 2 is 1.94 bits per heavy atom. The van der Waals surface area contributed by atoms with Crippen LogP contribution >= 0.6 is 0 Å². The molecule has 7 nitrogen and oxygen atoms in total. The van der Waals surface area contributed by atoms with Crippen LogP contribution in [0.25, 0.3) is 11.0 Å². The molecule has 2 heterocycles. The minimum Gasteiger partial charge on any atom is -0.494 e. The number of nitriles is 1. The molecule has 0 saturated carbocycles. The van der Waals surface area contributed by atoms with Crippen LogP contribution in [0, 0.1) is 39.0 Å². The second kappa shape index (κ2) is 8.78. The number of ether oxygens (including phenoxy) is 1. The van der Waals surface area contributed by atoms with Gasteiger partial charge in [0.1, 0.15) is 17.2 Å². The molecule has 0 saturated heterocycles. The summed E-state index contributed by atoms with van der Waals surface area (Å²) in [4.78, 5) is 26.2. The number of rotatable bonds is 7. The van der Waals surface area contributed by atoms with E-state index in [9.17, 15) is 20.0 Å². The Morgan fingerprint density at radius 1 is 1.23 bits per heavy atom. The van der Waals surface area contributed by atoms with E-state index in [1.165, 1.54) is 6.92 Å². The van der Waals surface area contributed by atoms with Crippen LogP contribution in [0.15, 0.2) is 21.3 Å². The molecule has 0 aliphatic rings. The number of carbonyl (C=O) groups is 1. The van der Waals surface area contributed by atoms with Crippen molar-refractivity contribution in [2.45, 2.75) is 47.6 Å². The minimum absolute atomic E-state index is 0.0884. The van der Waals surface area contributed by atoms with Gasteiger partial charge in [0.05, 0.1) is 5.56 Å². The zero-order valence-electron chi connectivity index (χ0n) is 18.5. The minimum atomic E-state index is -0.627. The van der Waals surface area contributed by atoms with Crippen molar-refractivity contribution < 1.29 is 19.1 Å². The van der Waals surface area contributed by atoms with E-state index in [0.29, 0.717) is 30.8 Å². The number of carbonyl (C=O) groups excluding carboxylic acids is 1. The van der Waals surface area contributed by atoms with E-state index in [-0.39, 0.29) is 29.0 Å². The number of benzene rings is 1. The van der Waals surface area contributed by atoms with Crippen molar-refractivity contribution in [2.75, 3.05) is 13.2 Å². The maximum absolute atomic E-state index is 13.5.